The van der Waals surface area contributed by atoms with Gasteiger partial charge in [-0.3, -0.25) is 0 Å². The fourth-order valence-corrected chi connectivity index (χ4v) is 6.51. The quantitative estimate of drug-likeness (QED) is 0.181. The smallest absolute Gasteiger partial charge is 0.355 e. The van der Waals surface area contributed by atoms with E-state index in [9.17, 15) is 18.5 Å². The van der Waals surface area contributed by atoms with Crippen LogP contribution >= 0.6 is 11.3 Å². The Balaban J connectivity index is 1.53. The van der Waals surface area contributed by atoms with E-state index in [4.69, 9.17) is 15.0 Å². The predicted octanol–water partition coefficient (Wildman–Crippen LogP) is 6.48. The van der Waals surface area contributed by atoms with E-state index < -0.39 is 28.6 Å². The highest BCUT2D eigenvalue weighted by Crippen LogP contribution is 2.39. The molecule has 2 heterocycles. The number of nitrogens with two attached hydrogens (primary N) is 1. The number of aryl methyl sites for hydroxylation is 1. The Kier molecular flexibility index (Phi) is 8.14. The lowest BCUT2D eigenvalue weighted by atomic mass is 9.94. The zero-order chi connectivity index (χ0) is 31.1. The van der Waals surface area contributed by atoms with E-state index in [-0.39, 0.29) is 17.0 Å². The summed E-state index contributed by atoms with van der Waals surface area (Å²) in [5, 5.41) is 21.7. The summed E-state index contributed by atoms with van der Waals surface area (Å²) >= 11 is 1.16. The number of nitrogens with zero attached hydrogens (tertiary/aromatic N) is 3. The summed E-state index contributed by atoms with van der Waals surface area (Å²) in [7, 11) is -0.392. The molecule has 12 heteroatoms. The highest BCUT2D eigenvalue weighted by Gasteiger charge is 2.30. The third-order valence-corrected chi connectivity index (χ3v) is 9.28. The van der Waals surface area contributed by atoms with Gasteiger partial charge in [-0.15, -0.1) is 11.3 Å². The van der Waals surface area contributed by atoms with Crippen LogP contribution in [0.5, 0.6) is 5.75 Å². The number of rotatable bonds is 10. The van der Waals surface area contributed by atoms with Crippen molar-refractivity contribution in [2.24, 2.45) is 11.1 Å². The minimum atomic E-state index is -1.97. The first kappa shape index (κ1) is 29.8. The van der Waals surface area contributed by atoms with Gasteiger partial charge >= 0.3 is 5.97 Å². The monoisotopic (exact) mass is 634 g/mol. The Hall–Kier alpha value is -4.26. The van der Waals surface area contributed by atoms with Gasteiger partial charge in [-0.1, -0.05) is 12.1 Å². The van der Waals surface area contributed by atoms with Gasteiger partial charge in [-0.2, -0.15) is 5.10 Å². The SMILES string of the molecule is COc1ccc(-c2cc(-c3nn(-c4nc(C(=O)O)cs4)c(CC4CC4)c3Cc3ccc(S(N)=O)c(F)c3)ccc2F)cc1C. The molecule has 3 N–H and O–H groups in total. The van der Waals surface area contributed by atoms with Crippen LogP contribution in [0.25, 0.3) is 27.5 Å². The summed E-state index contributed by atoms with van der Waals surface area (Å²) in [5.74, 6) is -1.12. The molecule has 1 atom stereocenters. The van der Waals surface area contributed by atoms with Crippen LogP contribution in [0, 0.1) is 24.5 Å². The van der Waals surface area contributed by atoms with Crippen LogP contribution in [0.1, 0.15) is 45.7 Å². The highest BCUT2D eigenvalue weighted by molar-refractivity contribution is 7.82. The standard InChI is InChI=1S/C32H28F2N4O4S2/c1-17-11-20(7-9-28(17)42-2)22-15-21(6-8-24(22)33)30-23(12-19-5-10-29(44(35)41)25(34)13-19)27(14-18-3-4-18)38(37-30)32-36-26(16-43-32)31(39)40/h5-11,13,15-16,18H,3-4,12,14,35H2,1-2H3,(H,39,40). The molecule has 5 aromatic rings. The van der Waals surface area contributed by atoms with E-state index in [0.717, 1.165) is 41.0 Å². The highest BCUT2D eigenvalue weighted by atomic mass is 32.2. The van der Waals surface area contributed by atoms with Gasteiger partial charge in [-0.05, 0) is 91.3 Å². The van der Waals surface area contributed by atoms with Crippen molar-refractivity contribution in [3.05, 3.63) is 99.7 Å². The van der Waals surface area contributed by atoms with Crippen molar-refractivity contribution in [1.82, 2.24) is 14.8 Å². The first-order valence-corrected chi connectivity index (χ1v) is 15.9. The molecule has 0 amide bonds. The maximum absolute atomic E-state index is 15.3. The van der Waals surface area contributed by atoms with Gasteiger partial charge in [0.15, 0.2) is 5.69 Å². The minimum absolute atomic E-state index is 0.0904. The molecule has 1 saturated carbocycles. The fourth-order valence-electron chi connectivity index (χ4n) is 5.29. The molecule has 1 aliphatic carbocycles. The maximum Gasteiger partial charge on any atom is 0.355 e. The van der Waals surface area contributed by atoms with Crippen LogP contribution in [0.3, 0.4) is 0 Å². The number of carboxylic acids is 1. The average molecular weight is 635 g/mol. The molecule has 1 fully saturated rings. The van der Waals surface area contributed by atoms with Crippen LogP contribution in [-0.4, -0.2) is 37.2 Å². The molecule has 0 saturated heterocycles. The molecule has 2 aromatic heterocycles. The van der Waals surface area contributed by atoms with Gasteiger partial charge in [0.25, 0.3) is 0 Å². The van der Waals surface area contributed by atoms with Crippen LogP contribution in [-0.2, 0) is 23.8 Å². The molecule has 8 nitrogen and oxygen atoms in total. The van der Waals surface area contributed by atoms with Crippen LogP contribution in [0.2, 0.25) is 0 Å². The molecule has 1 aliphatic rings. The Bertz CT molecular complexity index is 1930. The minimum Gasteiger partial charge on any atom is -0.496 e. The molecule has 6 rings (SSSR count). The number of hydrogen-bond acceptors (Lipinski definition) is 6. The zero-order valence-electron chi connectivity index (χ0n) is 23.8. The zero-order valence-corrected chi connectivity index (χ0v) is 25.5. The molecular formula is C32H28F2N4O4S2. The number of halogens is 2. The Morgan fingerprint density at radius 1 is 1.11 bits per heavy atom. The molecule has 0 radical (unpaired) electrons. The summed E-state index contributed by atoms with van der Waals surface area (Å²) in [5.41, 5.74) is 5.21. The van der Waals surface area contributed by atoms with Crippen molar-refractivity contribution in [2.75, 3.05) is 7.11 Å². The van der Waals surface area contributed by atoms with Crippen molar-refractivity contribution >= 4 is 28.3 Å². The van der Waals surface area contributed by atoms with Crippen LogP contribution in [0.15, 0.2) is 64.9 Å². The lowest BCUT2D eigenvalue weighted by Gasteiger charge is -2.11. The van der Waals surface area contributed by atoms with Crippen LogP contribution < -0.4 is 9.88 Å². The summed E-state index contributed by atoms with van der Waals surface area (Å²) < 4.78 is 48.9. The molecule has 0 bridgehead atoms. The molecule has 226 valence electrons. The summed E-state index contributed by atoms with van der Waals surface area (Å²) in [6.07, 6.45) is 3.00. The molecule has 1 unspecified atom stereocenters. The number of benzene rings is 3. The first-order chi connectivity index (χ1) is 21.1. The third kappa shape index (κ3) is 5.92. The molecular weight excluding hydrogens is 607 g/mol. The Morgan fingerprint density at radius 2 is 1.89 bits per heavy atom. The second-order valence-corrected chi connectivity index (χ2v) is 12.6. The second-order valence-electron chi connectivity index (χ2n) is 10.8. The van der Waals surface area contributed by atoms with Crippen molar-refractivity contribution in [1.29, 1.82) is 0 Å². The van der Waals surface area contributed by atoms with Crippen molar-refractivity contribution in [3.63, 3.8) is 0 Å². The lowest BCUT2D eigenvalue weighted by molar-refractivity contribution is 0.0691. The van der Waals surface area contributed by atoms with E-state index in [1.807, 2.05) is 13.0 Å². The van der Waals surface area contributed by atoms with E-state index in [0.29, 0.717) is 51.2 Å². The van der Waals surface area contributed by atoms with Gasteiger partial charge in [0, 0.05) is 28.5 Å². The number of aromatic nitrogens is 3. The molecule has 0 spiro atoms. The summed E-state index contributed by atoms with van der Waals surface area (Å²) in [6.45, 7) is 1.89. The number of thiazole rings is 1. The Labute approximate surface area is 258 Å². The lowest BCUT2D eigenvalue weighted by Crippen LogP contribution is -2.07. The largest absolute Gasteiger partial charge is 0.496 e. The van der Waals surface area contributed by atoms with Crippen molar-refractivity contribution < 1.29 is 27.6 Å². The number of methoxy groups -OCH3 is 1. The van der Waals surface area contributed by atoms with Crippen molar-refractivity contribution in [3.8, 4) is 33.3 Å². The number of ether oxygens (including phenoxy) is 1. The molecule has 3 aromatic carbocycles. The normalized spacial score (nSPS) is 13.7. The number of hydrogen-bond donors (Lipinski definition) is 2. The number of carbonyl (C=O) groups is 1. The van der Waals surface area contributed by atoms with E-state index in [1.165, 1.54) is 23.6 Å². The number of carboxylic acid groups (broad SMARTS) is 1. The van der Waals surface area contributed by atoms with Gasteiger partial charge < -0.3 is 9.84 Å². The van der Waals surface area contributed by atoms with E-state index in [1.54, 1.807) is 42.1 Å². The summed E-state index contributed by atoms with van der Waals surface area (Å²) in [6, 6.07) is 14.6. The van der Waals surface area contributed by atoms with Gasteiger partial charge in [-0.25, -0.2) is 32.6 Å². The second kappa shape index (κ2) is 12.0. The fraction of sp³-hybridized carbons (Fsp3) is 0.219. The predicted molar refractivity (Wildman–Crippen MR) is 165 cm³/mol. The van der Waals surface area contributed by atoms with E-state index in [2.05, 4.69) is 4.98 Å². The van der Waals surface area contributed by atoms with Gasteiger partial charge in [0.1, 0.15) is 28.4 Å². The Morgan fingerprint density at radius 3 is 2.52 bits per heavy atom. The van der Waals surface area contributed by atoms with Crippen molar-refractivity contribution in [2.45, 2.75) is 37.5 Å². The average Bonchev–Trinajstić information content (AvgIpc) is 3.55. The molecule has 0 aliphatic heterocycles. The van der Waals surface area contributed by atoms with Gasteiger partial charge in [0.05, 0.1) is 23.4 Å². The number of aromatic carboxylic acids is 1. The van der Waals surface area contributed by atoms with Gasteiger partial charge in [0.2, 0.25) is 5.13 Å². The van der Waals surface area contributed by atoms with E-state index >= 15 is 4.39 Å². The topological polar surface area (TPSA) is 120 Å². The maximum atomic E-state index is 15.3. The summed E-state index contributed by atoms with van der Waals surface area (Å²) in [4.78, 5) is 15.9. The van der Waals surface area contributed by atoms with Crippen LogP contribution in [0.4, 0.5) is 8.78 Å². The first-order valence-electron chi connectivity index (χ1n) is 13.8. The third-order valence-electron chi connectivity index (χ3n) is 7.70. The molecule has 44 heavy (non-hydrogen) atoms.